The van der Waals surface area contributed by atoms with Crippen LogP contribution in [-0.4, -0.2) is 37.4 Å². The summed E-state index contributed by atoms with van der Waals surface area (Å²) in [6.45, 7) is 2.35. The maximum atomic E-state index is 12.5. The Kier molecular flexibility index (Phi) is 4.78. The van der Waals surface area contributed by atoms with Crippen LogP contribution in [0.1, 0.15) is 17.1 Å². The molecule has 0 atom stereocenters. The second kappa shape index (κ2) is 7.16. The van der Waals surface area contributed by atoms with Crippen molar-refractivity contribution in [3.05, 3.63) is 70.2 Å². The van der Waals surface area contributed by atoms with Crippen molar-refractivity contribution >= 4 is 5.91 Å². The van der Waals surface area contributed by atoms with Gasteiger partial charge < -0.3 is 9.42 Å². The predicted octanol–water partition coefficient (Wildman–Crippen LogP) is 1.05. The minimum Gasteiger partial charge on any atom is -0.360 e. The number of amides is 1. The molecule has 0 fully saturated rings. The van der Waals surface area contributed by atoms with Crippen molar-refractivity contribution in [1.29, 1.82) is 0 Å². The lowest BCUT2D eigenvalue weighted by Crippen LogP contribution is -2.34. The Labute approximate surface area is 144 Å². The third kappa shape index (κ3) is 3.85. The van der Waals surface area contributed by atoms with Crippen molar-refractivity contribution < 1.29 is 9.32 Å². The summed E-state index contributed by atoms with van der Waals surface area (Å²) in [5.74, 6) is 0.913. The van der Waals surface area contributed by atoms with Gasteiger partial charge in [0.05, 0.1) is 19.3 Å². The Bertz CT molecular complexity index is 896. The molecule has 0 aliphatic heterocycles. The molecule has 8 nitrogen and oxygen atoms in total. The predicted molar refractivity (Wildman–Crippen MR) is 89.7 cm³/mol. The van der Waals surface area contributed by atoms with E-state index >= 15 is 0 Å². The smallest absolute Gasteiger partial charge is 0.346 e. The standard InChI is InChI=1S/C17H19N5O3/c1-13-19-22(12-16(23)20(2)11-15-8-9-18-25-15)17(24)21(13)10-14-6-4-3-5-7-14/h3-9H,10-12H2,1-2H3. The molecule has 130 valence electrons. The van der Waals surface area contributed by atoms with Crippen molar-refractivity contribution in [2.45, 2.75) is 26.6 Å². The van der Waals surface area contributed by atoms with E-state index < -0.39 is 0 Å². The summed E-state index contributed by atoms with van der Waals surface area (Å²) in [6, 6.07) is 11.3. The van der Waals surface area contributed by atoms with Crippen molar-refractivity contribution in [2.75, 3.05) is 7.05 Å². The molecule has 1 amide bonds. The van der Waals surface area contributed by atoms with Gasteiger partial charge in [-0.15, -0.1) is 0 Å². The topological polar surface area (TPSA) is 86.2 Å². The molecule has 2 aromatic heterocycles. The number of hydrogen-bond donors (Lipinski definition) is 0. The molecule has 3 aromatic rings. The molecule has 2 heterocycles. The van der Waals surface area contributed by atoms with Gasteiger partial charge in [0.25, 0.3) is 0 Å². The van der Waals surface area contributed by atoms with E-state index in [2.05, 4.69) is 10.3 Å². The molecule has 0 saturated carbocycles. The molecule has 3 rings (SSSR count). The summed E-state index contributed by atoms with van der Waals surface area (Å²) in [5, 5.41) is 7.81. The molecule has 25 heavy (non-hydrogen) atoms. The van der Waals surface area contributed by atoms with E-state index in [9.17, 15) is 9.59 Å². The lowest BCUT2D eigenvalue weighted by molar-refractivity contribution is -0.131. The Hall–Kier alpha value is -3.16. The summed E-state index contributed by atoms with van der Waals surface area (Å²) < 4.78 is 7.73. The van der Waals surface area contributed by atoms with Crippen LogP contribution in [0, 0.1) is 6.92 Å². The molecule has 0 aliphatic rings. The van der Waals surface area contributed by atoms with Crippen LogP contribution in [-0.2, 0) is 24.4 Å². The van der Waals surface area contributed by atoms with Gasteiger partial charge in [0, 0.05) is 13.1 Å². The van der Waals surface area contributed by atoms with Crippen LogP contribution in [0.2, 0.25) is 0 Å². The van der Waals surface area contributed by atoms with E-state index in [0.717, 1.165) is 5.56 Å². The number of likely N-dealkylation sites (N-methyl/N-ethyl adjacent to an activating group) is 1. The van der Waals surface area contributed by atoms with E-state index in [1.165, 1.54) is 15.8 Å². The first-order chi connectivity index (χ1) is 12.0. The summed E-state index contributed by atoms with van der Waals surface area (Å²) in [7, 11) is 1.64. The third-order valence-corrected chi connectivity index (χ3v) is 3.89. The van der Waals surface area contributed by atoms with Crippen LogP contribution in [0.3, 0.4) is 0 Å². The van der Waals surface area contributed by atoms with Crippen LogP contribution >= 0.6 is 0 Å². The van der Waals surface area contributed by atoms with E-state index in [1.54, 1.807) is 24.6 Å². The van der Waals surface area contributed by atoms with Gasteiger partial charge in [-0.1, -0.05) is 35.5 Å². The number of aromatic nitrogens is 4. The number of carbonyl (C=O) groups excluding carboxylic acids is 1. The number of carbonyl (C=O) groups is 1. The lowest BCUT2D eigenvalue weighted by Gasteiger charge is -2.14. The number of benzene rings is 1. The fraction of sp³-hybridized carbons (Fsp3) is 0.294. The fourth-order valence-corrected chi connectivity index (χ4v) is 2.49. The molecule has 0 aliphatic carbocycles. The number of rotatable bonds is 6. The van der Waals surface area contributed by atoms with Crippen molar-refractivity contribution in [3.63, 3.8) is 0 Å². The summed E-state index contributed by atoms with van der Waals surface area (Å²) in [5.41, 5.74) is 0.698. The van der Waals surface area contributed by atoms with Crippen LogP contribution in [0.5, 0.6) is 0 Å². The number of aryl methyl sites for hydroxylation is 1. The van der Waals surface area contributed by atoms with Gasteiger partial charge in [0.15, 0.2) is 5.76 Å². The van der Waals surface area contributed by atoms with Gasteiger partial charge in [-0.05, 0) is 12.5 Å². The van der Waals surface area contributed by atoms with Crippen LogP contribution in [0.4, 0.5) is 0 Å². The summed E-state index contributed by atoms with van der Waals surface area (Å²) in [6.07, 6.45) is 1.52. The lowest BCUT2D eigenvalue weighted by atomic mass is 10.2. The van der Waals surface area contributed by atoms with Gasteiger partial charge in [-0.25, -0.2) is 9.48 Å². The number of nitrogens with zero attached hydrogens (tertiary/aromatic N) is 5. The molecule has 8 heteroatoms. The van der Waals surface area contributed by atoms with Crippen molar-refractivity contribution in [2.24, 2.45) is 0 Å². The molecular formula is C17H19N5O3. The molecule has 0 radical (unpaired) electrons. The fourth-order valence-electron chi connectivity index (χ4n) is 2.49. The van der Waals surface area contributed by atoms with Gasteiger partial charge in [0.2, 0.25) is 5.91 Å². The monoisotopic (exact) mass is 341 g/mol. The SMILES string of the molecule is Cc1nn(CC(=O)N(C)Cc2ccno2)c(=O)n1Cc1ccccc1. The van der Waals surface area contributed by atoms with E-state index in [0.29, 0.717) is 18.1 Å². The zero-order chi connectivity index (χ0) is 17.8. The second-order valence-corrected chi connectivity index (χ2v) is 5.79. The molecule has 0 unspecified atom stereocenters. The molecule has 0 spiro atoms. The van der Waals surface area contributed by atoms with Crippen LogP contribution in [0.15, 0.2) is 51.9 Å². The van der Waals surface area contributed by atoms with Crippen LogP contribution in [0.25, 0.3) is 0 Å². The van der Waals surface area contributed by atoms with E-state index in [1.807, 2.05) is 30.3 Å². The van der Waals surface area contributed by atoms with Crippen molar-refractivity contribution in [1.82, 2.24) is 24.4 Å². The first kappa shape index (κ1) is 16.7. The highest BCUT2D eigenvalue weighted by molar-refractivity contribution is 5.75. The number of hydrogen-bond acceptors (Lipinski definition) is 5. The highest BCUT2D eigenvalue weighted by atomic mass is 16.5. The molecular weight excluding hydrogens is 322 g/mol. The average molecular weight is 341 g/mol. The second-order valence-electron chi connectivity index (χ2n) is 5.79. The molecule has 1 aromatic carbocycles. The maximum absolute atomic E-state index is 12.5. The largest absolute Gasteiger partial charge is 0.360 e. The normalized spacial score (nSPS) is 10.8. The Balaban J connectivity index is 1.71. The Morgan fingerprint density at radius 2 is 2.00 bits per heavy atom. The van der Waals surface area contributed by atoms with E-state index in [-0.39, 0.29) is 24.7 Å². The highest BCUT2D eigenvalue weighted by Gasteiger charge is 2.16. The maximum Gasteiger partial charge on any atom is 0.346 e. The quantitative estimate of drug-likeness (QED) is 0.669. The van der Waals surface area contributed by atoms with Crippen LogP contribution < -0.4 is 5.69 Å². The molecule has 0 bridgehead atoms. The van der Waals surface area contributed by atoms with Gasteiger partial charge in [-0.3, -0.25) is 9.36 Å². The van der Waals surface area contributed by atoms with Crippen molar-refractivity contribution in [3.8, 4) is 0 Å². The zero-order valence-corrected chi connectivity index (χ0v) is 14.1. The molecule has 0 saturated heterocycles. The summed E-state index contributed by atoms with van der Waals surface area (Å²) >= 11 is 0. The van der Waals surface area contributed by atoms with Gasteiger partial charge in [0.1, 0.15) is 12.4 Å². The van der Waals surface area contributed by atoms with Gasteiger partial charge >= 0.3 is 5.69 Å². The highest BCUT2D eigenvalue weighted by Crippen LogP contribution is 2.04. The van der Waals surface area contributed by atoms with Gasteiger partial charge in [-0.2, -0.15) is 5.10 Å². The summed E-state index contributed by atoms with van der Waals surface area (Å²) in [4.78, 5) is 26.3. The third-order valence-electron chi connectivity index (χ3n) is 3.89. The van der Waals surface area contributed by atoms with E-state index in [4.69, 9.17) is 4.52 Å². The average Bonchev–Trinajstić information content (AvgIpc) is 3.20. The first-order valence-corrected chi connectivity index (χ1v) is 7.86. The Morgan fingerprint density at radius 1 is 1.24 bits per heavy atom. The minimum absolute atomic E-state index is 0.119. The Morgan fingerprint density at radius 3 is 2.68 bits per heavy atom. The molecule has 0 N–H and O–H groups in total. The first-order valence-electron chi connectivity index (χ1n) is 7.86. The zero-order valence-electron chi connectivity index (χ0n) is 14.1. The minimum atomic E-state index is -0.303.